The molecule has 0 unspecified atom stereocenters. The van der Waals surface area contributed by atoms with Crippen LogP contribution in [0.2, 0.25) is 0 Å². The molecular formula is C19H23NOS. The summed E-state index contributed by atoms with van der Waals surface area (Å²) in [6, 6.07) is 14.2. The molecule has 2 aromatic carbocycles. The molecule has 0 amide bonds. The Kier molecular flexibility index (Phi) is 4.97. The summed E-state index contributed by atoms with van der Waals surface area (Å²) in [7, 11) is 0. The molecule has 0 atom stereocenters. The van der Waals surface area contributed by atoms with Crippen LogP contribution in [0.1, 0.15) is 49.2 Å². The van der Waals surface area contributed by atoms with Crippen molar-refractivity contribution in [3.05, 3.63) is 59.2 Å². The number of carbonyl (C=O) groups excluding carboxylic acids is 1. The Hall–Kier alpha value is -1.74. The Morgan fingerprint density at radius 2 is 1.73 bits per heavy atom. The first-order valence-electron chi connectivity index (χ1n) is 7.40. The molecule has 0 aromatic heterocycles. The number of thioether (sulfide) groups is 1. The highest BCUT2D eigenvalue weighted by molar-refractivity contribution is 7.98. The predicted molar refractivity (Wildman–Crippen MR) is 95.6 cm³/mol. The minimum absolute atomic E-state index is 0.0536. The van der Waals surface area contributed by atoms with Crippen LogP contribution in [-0.2, 0) is 11.2 Å². The van der Waals surface area contributed by atoms with Crippen molar-refractivity contribution in [1.82, 2.24) is 0 Å². The Labute approximate surface area is 137 Å². The van der Waals surface area contributed by atoms with Crippen molar-refractivity contribution in [2.24, 2.45) is 0 Å². The van der Waals surface area contributed by atoms with Gasteiger partial charge in [0.05, 0.1) is 0 Å². The number of benzene rings is 2. The van der Waals surface area contributed by atoms with Gasteiger partial charge in [0.25, 0.3) is 0 Å². The summed E-state index contributed by atoms with van der Waals surface area (Å²) in [4.78, 5) is 12.7. The van der Waals surface area contributed by atoms with E-state index >= 15 is 0 Å². The van der Waals surface area contributed by atoms with Crippen molar-refractivity contribution in [2.45, 2.75) is 43.8 Å². The van der Waals surface area contributed by atoms with Crippen LogP contribution in [0.4, 0.5) is 5.69 Å². The molecule has 2 nitrogen and oxygen atoms in total. The Balaban J connectivity index is 2.12. The zero-order valence-corrected chi connectivity index (χ0v) is 14.5. The number of carbonyl (C=O) groups is 1. The van der Waals surface area contributed by atoms with Crippen LogP contribution in [-0.4, -0.2) is 5.78 Å². The Morgan fingerprint density at radius 1 is 1.09 bits per heavy atom. The van der Waals surface area contributed by atoms with Gasteiger partial charge in [0.1, 0.15) is 0 Å². The molecule has 0 fully saturated rings. The zero-order chi connectivity index (χ0) is 16.3. The standard InChI is InChI=1S/C19H23NOS/c1-13(21)17-11-16(20)9-10-18(17)22-12-14-5-7-15(8-6-14)19(2,3)4/h5-11H,12,20H2,1-4H3. The number of nitrogens with two attached hydrogens (primary N) is 1. The van der Waals surface area contributed by atoms with Crippen molar-refractivity contribution >= 4 is 23.2 Å². The molecule has 0 spiro atoms. The summed E-state index contributed by atoms with van der Waals surface area (Å²) < 4.78 is 0. The molecule has 0 saturated heterocycles. The highest BCUT2D eigenvalue weighted by Crippen LogP contribution is 2.29. The van der Waals surface area contributed by atoms with Crippen LogP contribution in [0.5, 0.6) is 0 Å². The normalized spacial score (nSPS) is 11.5. The Morgan fingerprint density at radius 3 is 2.27 bits per heavy atom. The Bertz CT molecular complexity index is 669. The average Bonchev–Trinajstić information content (AvgIpc) is 2.45. The molecule has 0 aliphatic carbocycles. The second-order valence-corrected chi connectivity index (χ2v) is 7.56. The number of hydrogen-bond donors (Lipinski definition) is 1. The minimum Gasteiger partial charge on any atom is -0.399 e. The first-order chi connectivity index (χ1) is 10.3. The lowest BCUT2D eigenvalue weighted by Crippen LogP contribution is -2.10. The molecule has 0 radical (unpaired) electrons. The van der Waals surface area contributed by atoms with Crippen LogP contribution in [0.25, 0.3) is 0 Å². The summed E-state index contributed by atoms with van der Waals surface area (Å²) >= 11 is 1.67. The van der Waals surface area contributed by atoms with Crippen LogP contribution >= 0.6 is 11.8 Å². The second-order valence-electron chi connectivity index (χ2n) is 6.55. The lowest BCUT2D eigenvalue weighted by molar-refractivity contribution is 0.101. The fraction of sp³-hybridized carbons (Fsp3) is 0.316. The number of ketones is 1. The largest absolute Gasteiger partial charge is 0.399 e. The zero-order valence-electron chi connectivity index (χ0n) is 13.6. The smallest absolute Gasteiger partial charge is 0.161 e. The summed E-state index contributed by atoms with van der Waals surface area (Å²) in [5, 5.41) is 0. The van der Waals surface area contributed by atoms with Gasteiger partial charge in [-0.2, -0.15) is 0 Å². The van der Waals surface area contributed by atoms with E-state index in [1.165, 1.54) is 11.1 Å². The number of anilines is 1. The van der Waals surface area contributed by atoms with E-state index in [0.717, 1.165) is 10.6 Å². The number of nitrogen functional groups attached to an aromatic ring is 1. The molecule has 0 bridgehead atoms. The van der Waals surface area contributed by atoms with E-state index < -0.39 is 0 Å². The topological polar surface area (TPSA) is 43.1 Å². The van der Waals surface area contributed by atoms with E-state index in [-0.39, 0.29) is 11.2 Å². The SMILES string of the molecule is CC(=O)c1cc(N)ccc1SCc1ccc(C(C)(C)C)cc1. The van der Waals surface area contributed by atoms with Gasteiger partial charge in [0, 0.05) is 21.9 Å². The van der Waals surface area contributed by atoms with Gasteiger partial charge >= 0.3 is 0 Å². The molecule has 2 rings (SSSR count). The molecule has 0 aliphatic heterocycles. The van der Waals surface area contributed by atoms with Gasteiger partial charge in [-0.3, -0.25) is 4.79 Å². The van der Waals surface area contributed by atoms with E-state index in [1.54, 1.807) is 24.8 Å². The van der Waals surface area contributed by atoms with E-state index in [1.807, 2.05) is 12.1 Å². The number of Topliss-reactive ketones (excluding diaryl/α,β-unsaturated/α-hetero) is 1. The quantitative estimate of drug-likeness (QED) is 0.487. The van der Waals surface area contributed by atoms with E-state index in [0.29, 0.717) is 11.3 Å². The molecule has 2 N–H and O–H groups in total. The summed E-state index contributed by atoms with van der Waals surface area (Å²) in [5.74, 6) is 0.895. The average molecular weight is 313 g/mol. The molecule has 0 saturated carbocycles. The third kappa shape index (κ3) is 4.14. The molecular weight excluding hydrogens is 290 g/mol. The van der Waals surface area contributed by atoms with Crippen molar-refractivity contribution in [3.8, 4) is 0 Å². The fourth-order valence-electron chi connectivity index (χ4n) is 2.21. The van der Waals surface area contributed by atoms with Gasteiger partial charge in [-0.15, -0.1) is 11.8 Å². The van der Waals surface area contributed by atoms with Gasteiger partial charge in [-0.25, -0.2) is 0 Å². The van der Waals surface area contributed by atoms with E-state index in [4.69, 9.17) is 5.73 Å². The summed E-state index contributed by atoms with van der Waals surface area (Å²) in [6.07, 6.45) is 0. The molecule has 3 heteroatoms. The molecule has 0 aliphatic rings. The third-order valence-electron chi connectivity index (χ3n) is 3.60. The monoisotopic (exact) mass is 313 g/mol. The molecule has 0 heterocycles. The third-order valence-corrected chi connectivity index (χ3v) is 4.74. The van der Waals surface area contributed by atoms with Crippen LogP contribution in [0.15, 0.2) is 47.4 Å². The first kappa shape index (κ1) is 16.6. The van der Waals surface area contributed by atoms with Gasteiger partial charge in [-0.05, 0) is 41.7 Å². The summed E-state index contributed by atoms with van der Waals surface area (Å²) in [5.41, 5.74) is 9.86. The maximum atomic E-state index is 11.7. The van der Waals surface area contributed by atoms with Crippen LogP contribution in [0, 0.1) is 0 Å². The second kappa shape index (κ2) is 6.57. The van der Waals surface area contributed by atoms with Crippen LogP contribution < -0.4 is 5.73 Å². The minimum atomic E-state index is 0.0536. The van der Waals surface area contributed by atoms with Crippen molar-refractivity contribution in [2.75, 3.05) is 5.73 Å². The van der Waals surface area contributed by atoms with Gasteiger partial charge < -0.3 is 5.73 Å². The first-order valence-corrected chi connectivity index (χ1v) is 8.38. The summed E-state index contributed by atoms with van der Waals surface area (Å²) in [6.45, 7) is 8.22. The van der Waals surface area contributed by atoms with Gasteiger partial charge in [0.15, 0.2) is 5.78 Å². The van der Waals surface area contributed by atoms with Crippen molar-refractivity contribution < 1.29 is 4.79 Å². The lowest BCUT2D eigenvalue weighted by atomic mass is 9.87. The predicted octanol–water partition coefficient (Wildman–Crippen LogP) is 5.06. The maximum absolute atomic E-state index is 11.7. The van der Waals surface area contributed by atoms with E-state index in [2.05, 4.69) is 45.0 Å². The van der Waals surface area contributed by atoms with Gasteiger partial charge in [-0.1, -0.05) is 45.0 Å². The lowest BCUT2D eigenvalue weighted by Gasteiger charge is -2.19. The molecule has 2 aromatic rings. The van der Waals surface area contributed by atoms with Crippen molar-refractivity contribution in [3.63, 3.8) is 0 Å². The highest BCUT2D eigenvalue weighted by atomic mass is 32.2. The number of hydrogen-bond acceptors (Lipinski definition) is 3. The van der Waals surface area contributed by atoms with Crippen molar-refractivity contribution in [1.29, 1.82) is 0 Å². The number of rotatable bonds is 4. The van der Waals surface area contributed by atoms with E-state index in [9.17, 15) is 4.79 Å². The molecule has 22 heavy (non-hydrogen) atoms. The fourth-order valence-corrected chi connectivity index (χ4v) is 3.25. The van der Waals surface area contributed by atoms with Gasteiger partial charge in [0.2, 0.25) is 0 Å². The molecule has 116 valence electrons. The van der Waals surface area contributed by atoms with Crippen LogP contribution in [0.3, 0.4) is 0 Å². The highest BCUT2D eigenvalue weighted by Gasteiger charge is 2.13. The maximum Gasteiger partial charge on any atom is 0.161 e.